The molecule has 3 aromatic rings. The van der Waals surface area contributed by atoms with E-state index >= 15 is 0 Å². The molecule has 0 atom stereocenters. The summed E-state index contributed by atoms with van der Waals surface area (Å²) in [4.78, 5) is 19.3. The summed E-state index contributed by atoms with van der Waals surface area (Å²) in [6, 6.07) is 14.5. The van der Waals surface area contributed by atoms with Gasteiger partial charge in [0.1, 0.15) is 5.75 Å². The first-order valence-corrected chi connectivity index (χ1v) is 10.7. The highest BCUT2D eigenvalue weighted by Crippen LogP contribution is 2.33. The van der Waals surface area contributed by atoms with Crippen LogP contribution in [0.15, 0.2) is 42.5 Å². The number of carbonyl (C=O) groups excluding carboxylic acids is 1. The number of ether oxygens (including phenoxy) is 1. The van der Waals surface area contributed by atoms with Gasteiger partial charge in [-0.3, -0.25) is 4.79 Å². The lowest BCUT2D eigenvalue weighted by Crippen LogP contribution is -2.38. The van der Waals surface area contributed by atoms with Crippen LogP contribution in [-0.2, 0) is 4.79 Å². The highest BCUT2D eigenvalue weighted by Gasteiger charge is 2.25. The van der Waals surface area contributed by atoms with Gasteiger partial charge in [-0.2, -0.15) is 0 Å². The summed E-state index contributed by atoms with van der Waals surface area (Å²) in [6.07, 6.45) is 2.41. The van der Waals surface area contributed by atoms with E-state index in [4.69, 9.17) is 9.72 Å². The molecular weight excluding hydrogens is 368 g/mol. The van der Waals surface area contributed by atoms with E-state index in [9.17, 15) is 4.79 Å². The molecule has 0 aliphatic carbocycles. The lowest BCUT2D eigenvalue weighted by atomic mass is 9.97. The van der Waals surface area contributed by atoms with E-state index in [-0.39, 0.29) is 5.91 Å². The summed E-state index contributed by atoms with van der Waals surface area (Å²) in [7, 11) is 0. The summed E-state index contributed by atoms with van der Waals surface area (Å²) in [5.74, 6) is 1.53. The van der Waals surface area contributed by atoms with E-state index in [1.54, 1.807) is 11.3 Å². The predicted octanol–water partition coefficient (Wildman–Crippen LogP) is 5.09. The van der Waals surface area contributed by atoms with Gasteiger partial charge in [0.25, 0.3) is 0 Å². The zero-order valence-electron chi connectivity index (χ0n) is 16.5. The monoisotopic (exact) mass is 394 g/mol. The average Bonchev–Trinajstić information content (AvgIpc) is 3.15. The van der Waals surface area contributed by atoms with Crippen LogP contribution in [-0.4, -0.2) is 35.5 Å². The maximum absolute atomic E-state index is 12.6. The molecule has 4 nitrogen and oxygen atoms in total. The van der Waals surface area contributed by atoms with Gasteiger partial charge in [-0.1, -0.05) is 24.3 Å². The Morgan fingerprint density at radius 1 is 1.18 bits per heavy atom. The Morgan fingerprint density at radius 3 is 2.75 bits per heavy atom. The Kier molecular flexibility index (Phi) is 5.62. The Labute approximate surface area is 170 Å². The van der Waals surface area contributed by atoms with Crippen molar-refractivity contribution in [2.24, 2.45) is 0 Å². The highest BCUT2D eigenvalue weighted by atomic mass is 32.1. The first-order chi connectivity index (χ1) is 13.6. The standard InChI is InChI=1S/C23H26N2O2S/c1-16-7-8-17(2)20(15-16)27-14-11-22(26)25-12-9-18(10-13-25)23-24-19-5-3-4-6-21(19)28-23/h3-8,15,18H,9-14H2,1-2H3. The van der Waals surface area contributed by atoms with Crippen molar-refractivity contribution in [1.29, 1.82) is 0 Å². The molecule has 1 aliphatic rings. The van der Waals surface area contributed by atoms with Crippen LogP contribution in [0.2, 0.25) is 0 Å². The molecule has 0 radical (unpaired) electrons. The van der Waals surface area contributed by atoms with Gasteiger partial charge < -0.3 is 9.64 Å². The quantitative estimate of drug-likeness (QED) is 0.605. The largest absolute Gasteiger partial charge is 0.493 e. The van der Waals surface area contributed by atoms with Crippen molar-refractivity contribution in [2.75, 3.05) is 19.7 Å². The Balaban J connectivity index is 1.27. The molecule has 4 rings (SSSR count). The smallest absolute Gasteiger partial charge is 0.225 e. The van der Waals surface area contributed by atoms with Crippen molar-refractivity contribution >= 4 is 27.5 Å². The molecule has 1 fully saturated rings. The molecule has 5 heteroatoms. The van der Waals surface area contributed by atoms with Gasteiger partial charge in [-0.15, -0.1) is 11.3 Å². The van der Waals surface area contributed by atoms with Crippen molar-refractivity contribution in [1.82, 2.24) is 9.88 Å². The Hall–Kier alpha value is -2.40. The zero-order valence-corrected chi connectivity index (χ0v) is 17.3. The van der Waals surface area contributed by atoms with Crippen molar-refractivity contribution < 1.29 is 9.53 Å². The van der Waals surface area contributed by atoms with E-state index in [1.807, 2.05) is 30.9 Å². The summed E-state index contributed by atoms with van der Waals surface area (Å²) in [6.45, 7) is 6.13. The topological polar surface area (TPSA) is 42.4 Å². The second-order valence-electron chi connectivity index (χ2n) is 7.54. The minimum Gasteiger partial charge on any atom is -0.493 e. The molecule has 1 aliphatic heterocycles. The summed E-state index contributed by atoms with van der Waals surface area (Å²) in [5, 5.41) is 1.21. The van der Waals surface area contributed by atoms with Crippen LogP contribution in [0.5, 0.6) is 5.75 Å². The lowest BCUT2D eigenvalue weighted by Gasteiger charge is -2.31. The average molecular weight is 395 g/mol. The summed E-state index contributed by atoms with van der Waals surface area (Å²) >= 11 is 1.79. The normalized spacial score (nSPS) is 15.1. The summed E-state index contributed by atoms with van der Waals surface area (Å²) in [5.41, 5.74) is 3.36. The van der Waals surface area contributed by atoms with Crippen LogP contribution in [0.1, 0.15) is 41.3 Å². The van der Waals surface area contributed by atoms with Crippen LogP contribution in [0, 0.1) is 13.8 Å². The van der Waals surface area contributed by atoms with Crippen molar-refractivity contribution in [3.05, 3.63) is 58.6 Å². The minimum atomic E-state index is 0.188. The van der Waals surface area contributed by atoms with Crippen molar-refractivity contribution in [2.45, 2.75) is 39.0 Å². The van der Waals surface area contributed by atoms with Gasteiger partial charge in [-0.25, -0.2) is 4.98 Å². The molecule has 0 bridgehead atoms. The number of likely N-dealkylation sites (tertiary alicyclic amines) is 1. The SMILES string of the molecule is Cc1ccc(C)c(OCCC(=O)N2CCC(c3nc4ccccc4s3)CC2)c1. The van der Waals surface area contributed by atoms with E-state index in [1.165, 1.54) is 15.3 Å². The second-order valence-corrected chi connectivity index (χ2v) is 8.60. The number of hydrogen-bond acceptors (Lipinski definition) is 4. The number of hydrogen-bond donors (Lipinski definition) is 0. The third-order valence-electron chi connectivity index (χ3n) is 5.42. The van der Waals surface area contributed by atoms with E-state index in [0.29, 0.717) is 18.9 Å². The van der Waals surface area contributed by atoms with Crippen LogP contribution in [0.4, 0.5) is 0 Å². The number of fused-ring (bicyclic) bond motifs is 1. The number of rotatable bonds is 5. The molecular formula is C23H26N2O2S. The van der Waals surface area contributed by atoms with Crippen LogP contribution < -0.4 is 4.74 Å². The molecule has 0 spiro atoms. The Morgan fingerprint density at radius 2 is 1.96 bits per heavy atom. The van der Waals surface area contributed by atoms with Crippen molar-refractivity contribution in [3.63, 3.8) is 0 Å². The molecule has 0 saturated carbocycles. The number of aromatic nitrogens is 1. The molecule has 0 N–H and O–H groups in total. The first kappa shape index (κ1) is 18.9. The third-order valence-corrected chi connectivity index (χ3v) is 6.62. The van der Waals surface area contributed by atoms with Gasteiger partial charge >= 0.3 is 0 Å². The van der Waals surface area contributed by atoms with E-state index in [2.05, 4.69) is 30.3 Å². The first-order valence-electron chi connectivity index (χ1n) is 9.93. The lowest BCUT2D eigenvalue weighted by molar-refractivity contribution is -0.132. The third kappa shape index (κ3) is 4.20. The minimum absolute atomic E-state index is 0.188. The molecule has 1 aromatic heterocycles. The second kappa shape index (κ2) is 8.31. The van der Waals surface area contributed by atoms with E-state index in [0.717, 1.165) is 42.8 Å². The highest BCUT2D eigenvalue weighted by molar-refractivity contribution is 7.18. The van der Waals surface area contributed by atoms with Gasteiger partial charge in [0, 0.05) is 19.0 Å². The number of piperidine rings is 1. The predicted molar refractivity (Wildman–Crippen MR) is 114 cm³/mol. The van der Waals surface area contributed by atoms with Crippen molar-refractivity contribution in [3.8, 4) is 5.75 Å². The maximum atomic E-state index is 12.6. The molecule has 28 heavy (non-hydrogen) atoms. The Bertz CT molecular complexity index is 941. The number of para-hydroxylation sites is 1. The number of carbonyl (C=O) groups is 1. The van der Waals surface area contributed by atoms with E-state index < -0.39 is 0 Å². The fourth-order valence-electron chi connectivity index (χ4n) is 3.71. The fraction of sp³-hybridized carbons (Fsp3) is 0.391. The molecule has 1 saturated heterocycles. The molecule has 2 aromatic carbocycles. The van der Waals surface area contributed by atoms with Crippen LogP contribution in [0.25, 0.3) is 10.2 Å². The van der Waals surface area contributed by atoms with Gasteiger partial charge in [0.2, 0.25) is 5.91 Å². The van der Waals surface area contributed by atoms with Gasteiger partial charge in [0.15, 0.2) is 0 Å². The molecule has 0 unspecified atom stereocenters. The van der Waals surface area contributed by atoms with Gasteiger partial charge in [-0.05, 0) is 56.0 Å². The number of amides is 1. The number of aryl methyl sites for hydroxylation is 2. The fourth-order valence-corrected chi connectivity index (χ4v) is 4.85. The number of thiazole rings is 1. The van der Waals surface area contributed by atoms with Crippen LogP contribution >= 0.6 is 11.3 Å². The molecule has 2 heterocycles. The van der Waals surface area contributed by atoms with Gasteiger partial charge in [0.05, 0.1) is 28.3 Å². The maximum Gasteiger partial charge on any atom is 0.225 e. The van der Waals surface area contributed by atoms with Crippen LogP contribution in [0.3, 0.4) is 0 Å². The molecule has 146 valence electrons. The molecule has 1 amide bonds. The number of benzene rings is 2. The zero-order chi connectivity index (χ0) is 19.5. The summed E-state index contributed by atoms with van der Waals surface area (Å²) < 4.78 is 7.10. The number of nitrogens with zero attached hydrogens (tertiary/aromatic N) is 2.